The van der Waals surface area contributed by atoms with Crippen molar-refractivity contribution in [2.75, 3.05) is 12.3 Å². The zero-order valence-electron chi connectivity index (χ0n) is 8.63. The molecule has 1 aromatic carbocycles. The van der Waals surface area contributed by atoms with Crippen molar-refractivity contribution in [1.82, 2.24) is 5.32 Å². The average Bonchev–Trinajstić information content (AvgIpc) is 2.20. The minimum Gasteiger partial charge on any atom is -0.396 e. The maximum atomic E-state index is 13.2. The van der Waals surface area contributed by atoms with Crippen LogP contribution in [0.25, 0.3) is 0 Å². The highest BCUT2D eigenvalue weighted by molar-refractivity contribution is 5.95. The van der Waals surface area contributed by atoms with Crippen molar-refractivity contribution in [3.63, 3.8) is 0 Å². The highest BCUT2D eigenvalue weighted by Crippen LogP contribution is 2.16. The molecule has 0 unspecified atom stereocenters. The third kappa shape index (κ3) is 2.90. The standard InChI is InChI=1S/C10H12F2N2O2/c1-5(15)4-14-10(16)6-2-9(13)8(12)3-7(6)11/h2-3,5,15H,4,13H2,1H3,(H,14,16)/t5-/m1/s1. The quantitative estimate of drug-likeness (QED) is 0.667. The van der Waals surface area contributed by atoms with Gasteiger partial charge in [-0.3, -0.25) is 4.79 Å². The number of benzene rings is 1. The monoisotopic (exact) mass is 230 g/mol. The van der Waals surface area contributed by atoms with E-state index in [4.69, 9.17) is 10.8 Å². The van der Waals surface area contributed by atoms with Crippen LogP contribution in [0.2, 0.25) is 0 Å². The van der Waals surface area contributed by atoms with E-state index < -0.39 is 23.6 Å². The second-order valence-electron chi connectivity index (χ2n) is 3.41. The molecule has 0 radical (unpaired) electrons. The number of rotatable bonds is 3. The third-order valence-corrected chi connectivity index (χ3v) is 1.89. The molecule has 1 atom stereocenters. The van der Waals surface area contributed by atoms with Gasteiger partial charge in [0.2, 0.25) is 0 Å². The molecule has 0 aliphatic rings. The van der Waals surface area contributed by atoms with Gasteiger partial charge in [0, 0.05) is 12.6 Å². The van der Waals surface area contributed by atoms with Crippen LogP contribution in [-0.4, -0.2) is 23.7 Å². The molecule has 0 heterocycles. The zero-order valence-corrected chi connectivity index (χ0v) is 8.63. The van der Waals surface area contributed by atoms with Gasteiger partial charge in [0.1, 0.15) is 11.6 Å². The summed E-state index contributed by atoms with van der Waals surface area (Å²) in [6.07, 6.45) is -0.746. The van der Waals surface area contributed by atoms with Crippen LogP contribution in [-0.2, 0) is 0 Å². The fourth-order valence-electron chi connectivity index (χ4n) is 1.08. The Morgan fingerprint density at radius 1 is 1.50 bits per heavy atom. The minimum atomic E-state index is -0.991. The molecule has 1 amide bonds. The van der Waals surface area contributed by atoms with Gasteiger partial charge in [-0.1, -0.05) is 0 Å². The zero-order chi connectivity index (χ0) is 12.3. The van der Waals surface area contributed by atoms with E-state index in [0.29, 0.717) is 6.07 Å². The van der Waals surface area contributed by atoms with E-state index in [1.165, 1.54) is 6.92 Å². The first kappa shape index (κ1) is 12.4. The second kappa shape index (κ2) is 4.89. The molecule has 6 heteroatoms. The Hall–Kier alpha value is -1.69. The largest absolute Gasteiger partial charge is 0.396 e. The van der Waals surface area contributed by atoms with E-state index in [1.54, 1.807) is 0 Å². The van der Waals surface area contributed by atoms with Crippen LogP contribution in [0.4, 0.5) is 14.5 Å². The topological polar surface area (TPSA) is 75.3 Å². The molecule has 0 bridgehead atoms. The number of nitrogens with one attached hydrogen (secondary N) is 1. The predicted octanol–water partition coefficient (Wildman–Crippen LogP) is 0.658. The highest BCUT2D eigenvalue weighted by atomic mass is 19.1. The van der Waals surface area contributed by atoms with Crippen LogP contribution in [0.3, 0.4) is 0 Å². The molecule has 88 valence electrons. The highest BCUT2D eigenvalue weighted by Gasteiger charge is 2.14. The number of aliphatic hydroxyl groups excluding tert-OH is 1. The number of nitrogens with two attached hydrogens (primary N) is 1. The molecule has 0 aromatic heterocycles. The molecular weight excluding hydrogens is 218 g/mol. The number of aliphatic hydroxyl groups is 1. The van der Waals surface area contributed by atoms with Crippen molar-refractivity contribution in [2.45, 2.75) is 13.0 Å². The molecule has 0 aliphatic carbocycles. The van der Waals surface area contributed by atoms with E-state index in [2.05, 4.69) is 5.32 Å². The molecule has 4 N–H and O–H groups in total. The lowest BCUT2D eigenvalue weighted by Crippen LogP contribution is -2.31. The Kier molecular flexibility index (Phi) is 3.78. The van der Waals surface area contributed by atoms with E-state index in [0.717, 1.165) is 6.07 Å². The van der Waals surface area contributed by atoms with Gasteiger partial charge in [-0.25, -0.2) is 8.78 Å². The first-order valence-electron chi connectivity index (χ1n) is 4.62. The number of halogens is 2. The van der Waals surface area contributed by atoms with Crippen molar-refractivity contribution in [3.05, 3.63) is 29.3 Å². The summed E-state index contributed by atoms with van der Waals surface area (Å²) < 4.78 is 26.0. The number of nitrogen functional groups attached to an aromatic ring is 1. The van der Waals surface area contributed by atoms with Crippen LogP contribution in [0, 0.1) is 11.6 Å². The Bertz CT molecular complexity index is 408. The molecule has 1 aromatic rings. The maximum Gasteiger partial charge on any atom is 0.254 e. The maximum absolute atomic E-state index is 13.2. The van der Waals surface area contributed by atoms with Crippen molar-refractivity contribution >= 4 is 11.6 Å². The molecule has 0 spiro atoms. The smallest absolute Gasteiger partial charge is 0.254 e. The molecule has 0 saturated heterocycles. The molecule has 4 nitrogen and oxygen atoms in total. The fourth-order valence-corrected chi connectivity index (χ4v) is 1.08. The number of hydrogen-bond acceptors (Lipinski definition) is 3. The molecule has 0 aliphatic heterocycles. The van der Waals surface area contributed by atoms with Crippen molar-refractivity contribution in [2.24, 2.45) is 0 Å². The van der Waals surface area contributed by atoms with Crippen LogP contribution in [0.15, 0.2) is 12.1 Å². The third-order valence-electron chi connectivity index (χ3n) is 1.89. The summed E-state index contributed by atoms with van der Waals surface area (Å²) in [6.45, 7) is 1.45. The number of carbonyl (C=O) groups excluding carboxylic acids is 1. The summed E-state index contributed by atoms with van der Waals surface area (Å²) in [7, 11) is 0. The Morgan fingerprint density at radius 3 is 2.69 bits per heavy atom. The lowest BCUT2D eigenvalue weighted by atomic mass is 10.1. The summed E-state index contributed by atoms with van der Waals surface area (Å²) in [6, 6.07) is 1.47. The molecule has 0 saturated carbocycles. The van der Waals surface area contributed by atoms with Crippen LogP contribution in [0.5, 0.6) is 0 Å². The first-order chi connectivity index (χ1) is 7.41. The average molecular weight is 230 g/mol. The van der Waals surface area contributed by atoms with Crippen LogP contribution in [0.1, 0.15) is 17.3 Å². The van der Waals surface area contributed by atoms with E-state index in [1.807, 2.05) is 0 Å². The lowest BCUT2D eigenvalue weighted by molar-refractivity contribution is 0.0920. The molecule has 1 rings (SSSR count). The van der Waals surface area contributed by atoms with Gasteiger partial charge in [-0.05, 0) is 13.0 Å². The Labute approximate surface area is 91.1 Å². The van der Waals surface area contributed by atoms with Crippen LogP contribution < -0.4 is 11.1 Å². The van der Waals surface area contributed by atoms with Crippen molar-refractivity contribution in [1.29, 1.82) is 0 Å². The minimum absolute atomic E-state index is 0.0183. The summed E-state index contributed by atoms with van der Waals surface area (Å²) in [5.74, 6) is -2.65. The van der Waals surface area contributed by atoms with E-state index in [9.17, 15) is 13.6 Å². The van der Waals surface area contributed by atoms with Gasteiger partial charge in [0.25, 0.3) is 5.91 Å². The first-order valence-corrected chi connectivity index (χ1v) is 4.62. The van der Waals surface area contributed by atoms with Gasteiger partial charge in [0.05, 0.1) is 17.4 Å². The van der Waals surface area contributed by atoms with Gasteiger partial charge >= 0.3 is 0 Å². The van der Waals surface area contributed by atoms with E-state index in [-0.39, 0.29) is 17.8 Å². The normalized spacial score (nSPS) is 12.2. The second-order valence-corrected chi connectivity index (χ2v) is 3.41. The fraction of sp³-hybridized carbons (Fsp3) is 0.300. The van der Waals surface area contributed by atoms with E-state index >= 15 is 0 Å². The summed E-state index contributed by atoms with van der Waals surface area (Å²) in [5.41, 5.74) is 4.56. The van der Waals surface area contributed by atoms with Gasteiger partial charge in [-0.2, -0.15) is 0 Å². The summed E-state index contributed by atoms with van der Waals surface area (Å²) in [4.78, 5) is 11.4. The van der Waals surface area contributed by atoms with Gasteiger partial charge in [-0.15, -0.1) is 0 Å². The van der Waals surface area contributed by atoms with Crippen molar-refractivity contribution < 1.29 is 18.7 Å². The van der Waals surface area contributed by atoms with Crippen LogP contribution >= 0.6 is 0 Å². The molecule has 16 heavy (non-hydrogen) atoms. The predicted molar refractivity (Wildman–Crippen MR) is 54.8 cm³/mol. The molecule has 0 fully saturated rings. The Morgan fingerprint density at radius 2 is 2.12 bits per heavy atom. The number of anilines is 1. The SMILES string of the molecule is C[C@@H](O)CNC(=O)c1cc(N)c(F)cc1F. The number of carbonyl (C=O) groups is 1. The summed E-state index contributed by atoms with van der Waals surface area (Å²) in [5, 5.41) is 11.2. The lowest BCUT2D eigenvalue weighted by Gasteiger charge is -2.08. The van der Waals surface area contributed by atoms with Gasteiger partial charge in [0.15, 0.2) is 0 Å². The van der Waals surface area contributed by atoms with Gasteiger partial charge < -0.3 is 16.2 Å². The van der Waals surface area contributed by atoms with Crippen molar-refractivity contribution in [3.8, 4) is 0 Å². The summed E-state index contributed by atoms with van der Waals surface area (Å²) >= 11 is 0. The molecular formula is C10H12F2N2O2. The number of amides is 1. The number of hydrogen-bond donors (Lipinski definition) is 3. The Balaban J connectivity index is 2.87.